The third-order valence-electron chi connectivity index (χ3n) is 0.556. The minimum absolute atomic E-state index is 0. The van der Waals surface area contributed by atoms with E-state index in [0.29, 0.717) is 0 Å². The van der Waals surface area contributed by atoms with Gasteiger partial charge in [0, 0.05) is 0 Å². The quantitative estimate of drug-likeness (QED) is 0.647. The third kappa shape index (κ3) is 11.4. The van der Waals surface area contributed by atoms with E-state index in [9.17, 15) is 6.57 Å². The van der Waals surface area contributed by atoms with E-state index in [4.69, 9.17) is 0 Å². The second kappa shape index (κ2) is 10.8. The molecule has 1 aromatic rings. The largest absolute Gasteiger partial charge is 0.214 e. The fourth-order valence-electron chi connectivity index (χ4n) is 0.321. The summed E-state index contributed by atoms with van der Waals surface area (Å²) in [4.78, 5) is 0. The van der Waals surface area contributed by atoms with Crippen LogP contribution in [0.4, 0.5) is 6.57 Å². The Labute approximate surface area is 63.2 Å². The monoisotopic (exact) mass is 310 g/mol. The predicted octanol–water partition coefficient (Wildman–Crippen LogP) is 2.69. The van der Waals surface area contributed by atoms with Crippen LogP contribution in [0.3, 0.4) is 0 Å². The van der Waals surface area contributed by atoms with Crippen LogP contribution in [0.15, 0.2) is 30.3 Å². The molecule has 1 rings (SSSR count). The Hall–Kier alpha value is -0.154. The Morgan fingerprint density at radius 1 is 1.11 bits per heavy atom. The van der Waals surface area contributed by atoms with Crippen LogP contribution in [0.25, 0.3) is 0 Å². The molecule has 0 aliphatic heterocycles. The van der Waals surface area contributed by atoms with Gasteiger partial charge in [-0.25, -0.2) is 12.1 Å². The van der Waals surface area contributed by atoms with Crippen molar-refractivity contribution in [1.29, 1.82) is 0 Å². The molecule has 0 amide bonds. The Morgan fingerprint density at radius 3 is 1.56 bits per heavy atom. The Balaban J connectivity index is 0. The second-order valence-corrected chi connectivity index (χ2v) is 1.38. The van der Waals surface area contributed by atoms with Crippen molar-refractivity contribution in [1.82, 2.24) is 0 Å². The number of hydrogen-bond donors (Lipinski definition) is 0. The molecule has 0 atom stereocenters. The summed E-state index contributed by atoms with van der Waals surface area (Å²) in [6.45, 7) is 0. The molecule has 9 heavy (non-hydrogen) atoms. The molecule has 0 radical (unpaired) electrons. The van der Waals surface area contributed by atoms with Crippen molar-refractivity contribution in [2.45, 2.75) is 0 Å². The van der Waals surface area contributed by atoms with Crippen LogP contribution in [0, 0.1) is 7.43 Å². The van der Waals surface area contributed by atoms with Crippen molar-refractivity contribution in [3.8, 4) is 0 Å². The van der Waals surface area contributed by atoms with Gasteiger partial charge >= 0.3 is 25.0 Å². The van der Waals surface area contributed by atoms with Gasteiger partial charge in [0.25, 0.3) is 0 Å². The first-order chi connectivity index (χ1) is 3.91. The van der Waals surface area contributed by atoms with E-state index in [2.05, 4.69) is 0 Å². The maximum Gasteiger partial charge on any atom is -0.172 e. The fraction of sp³-hybridized carbons (Fsp3) is 0. The molecule has 0 saturated carbocycles. The minimum atomic E-state index is -2.58. The molecule has 0 spiro atoms. The van der Waals surface area contributed by atoms with Gasteiger partial charge < -0.3 is 7.43 Å². The van der Waals surface area contributed by atoms with Crippen LogP contribution in [-0.4, -0.2) is 0 Å². The molecule has 0 aromatic heterocycles. The zero-order chi connectivity index (χ0) is 6.24. The van der Waals surface area contributed by atoms with E-state index in [0.717, 1.165) is 0 Å². The van der Waals surface area contributed by atoms with Crippen molar-refractivity contribution in [3.05, 3.63) is 37.8 Å². The normalized spacial score (nSPS) is 6.89. The van der Waals surface area contributed by atoms with Gasteiger partial charge in [0.1, 0.15) is 0 Å². The number of rotatable bonds is 0. The first-order valence-corrected chi connectivity index (χ1v) is 3.85. The Kier molecular flexibility index (Phi) is 13.9. The van der Waals surface area contributed by atoms with Crippen LogP contribution < -0.4 is 0 Å². The average molecular weight is 308 g/mol. The summed E-state index contributed by atoms with van der Waals surface area (Å²) in [6.07, 6.45) is 0. The number of halogens is 2. The molecule has 0 unspecified atom stereocenters. The SMILES string of the molecule is [CH3-].[F][Os][F].c1cc[cH-]c1. The van der Waals surface area contributed by atoms with E-state index in [1.165, 1.54) is 0 Å². The summed E-state index contributed by atoms with van der Waals surface area (Å²) in [5.74, 6) is 0. The van der Waals surface area contributed by atoms with Crippen LogP contribution in [-0.2, 0) is 18.4 Å². The Morgan fingerprint density at radius 2 is 1.44 bits per heavy atom. The summed E-state index contributed by atoms with van der Waals surface area (Å²) in [5.41, 5.74) is 0. The van der Waals surface area contributed by atoms with Gasteiger partial charge in [0.05, 0.1) is 0 Å². The molecule has 0 saturated heterocycles. The van der Waals surface area contributed by atoms with Crippen molar-refractivity contribution in [2.24, 2.45) is 0 Å². The molecule has 3 heteroatoms. The molecule has 1 aromatic carbocycles. The molecule has 0 bridgehead atoms. The van der Waals surface area contributed by atoms with Crippen molar-refractivity contribution < 1.29 is 25.0 Å². The van der Waals surface area contributed by atoms with Crippen LogP contribution in [0.2, 0.25) is 0 Å². The third-order valence-corrected chi connectivity index (χ3v) is 0.556. The molecular formula is C6H8F2Os-2. The number of hydrogen-bond acceptors (Lipinski definition) is 0. The van der Waals surface area contributed by atoms with Gasteiger partial charge in [-0.1, -0.05) is 0 Å². The van der Waals surface area contributed by atoms with Gasteiger partial charge in [-0.2, -0.15) is 18.2 Å². The molecule has 0 heterocycles. The van der Waals surface area contributed by atoms with Crippen LogP contribution in [0.5, 0.6) is 0 Å². The van der Waals surface area contributed by atoms with Crippen molar-refractivity contribution in [3.63, 3.8) is 0 Å². The van der Waals surface area contributed by atoms with Gasteiger partial charge in [-0.05, 0) is 0 Å². The van der Waals surface area contributed by atoms with Crippen LogP contribution >= 0.6 is 0 Å². The molecule has 0 N–H and O–H groups in total. The van der Waals surface area contributed by atoms with E-state index in [-0.39, 0.29) is 7.43 Å². The smallest absolute Gasteiger partial charge is 0.172 e. The Bertz CT molecular complexity index is 78.0. The molecule has 0 nitrogen and oxygen atoms in total. The van der Waals surface area contributed by atoms with Gasteiger partial charge in [0.15, 0.2) is 0 Å². The summed E-state index contributed by atoms with van der Waals surface area (Å²) in [5, 5.41) is 0. The second-order valence-electron chi connectivity index (χ2n) is 1.01. The maximum absolute atomic E-state index is 9.76. The van der Waals surface area contributed by atoms with E-state index < -0.39 is 18.4 Å². The zero-order valence-electron chi connectivity index (χ0n) is 5.00. The standard InChI is InChI=1S/C5H5.CH3.2FH.Os/c1-2-4-5-3-1;;;;/h1-5H;1H3;2*1H;/q2*-1;;;+2/p-2. The summed E-state index contributed by atoms with van der Waals surface area (Å²) < 4.78 is 19.5. The van der Waals surface area contributed by atoms with Crippen molar-refractivity contribution >= 4 is 0 Å². The molecular weight excluding hydrogens is 300 g/mol. The van der Waals surface area contributed by atoms with E-state index in [1.54, 1.807) is 0 Å². The van der Waals surface area contributed by atoms with Crippen LogP contribution in [0.1, 0.15) is 0 Å². The van der Waals surface area contributed by atoms with Gasteiger partial charge in [-0.15, -0.1) is 0 Å². The van der Waals surface area contributed by atoms with E-state index in [1.807, 2.05) is 30.3 Å². The zero-order valence-corrected chi connectivity index (χ0v) is 7.54. The van der Waals surface area contributed by atoms with Crippen molar-refractivity contribution in [2.75, 3.05) is 0 Å². The molecule has 0 aliphatic rings. The summed E-state index contributed by atoms with van der Waals surface area (Å²) >= 11 is -2.58. The average Bonchev–Trinajstić information content (AvgIpc) is 2.17. The summed E-state index contributed by atoms with van der Waals surface area (Å²) in [6, 6.07) is 10.0. The molecule has 0 fully saturated rings. The minimum Gasteiger partial charge on any atom is -0.214 e. The molecule has 0 aliphatic carbocycles. The topological polar surface area (TPSA) is 0 Å². The maximum atomic E-state index is 9.76. The fourth-order valence-corrected chi connectivity index (χ4v) is 0.321. The first-order valence-electron chi connectivity index (χ1n) is 1.93. The molecule has 56 valence electrons. The first kappa shape index (κ1) is 11.6. The van der Waals surface area contributed by atoms with Gasteiger partial charge in [0.2, 0.25) is 0 Å². The predicted molar refractivity (Wildman–Crippen MR) is 30.7 cm³/mol. The van der Waals surface area contributed by atoms with Gasteiger partial charge in [-0.3, -0.25) is 0 Å². The summed E-state index contributed by atoms with van der Waals surface area (Å²) in [7, 11) is 0. The van der Waals surface area contributed by atoms with E-state index >= 15 is 0 Å².